The number of carboxylic acids is 1. The van der Waals surface area contributed by atoms with E-state index in [-0.39, 0.29) is 28.0 Å². The zero-order valence-electron chi connectivity index (χ0n) is 21.5. The number of aliphatic carboxylic acids is 1. The number of halogens is 5. The topological polar surface area (TPSA) is 173 Å². The van der Waals surface area contributed by atoms with Crippen molar-refractivity contribution in [1.29, 1.82) is 0 Å². The predicted molar refractivity (Wildman–Crippen MR) is 141 cm³/mol. The highest BCUT2D eigenvalue weighted by Gasteiger charge is 2.29. The molecule has 0 saturated carbocycles. The number of rotatable bonds is 11. The predicted octanol–water partition coefficient (Wildman–Crippen LogP) is 2.85. The minimum Gasteiger partial charge on any atom is -0.485 e. The summed E-state index contributed by atoms with van der Waals surface area (Å²) in [7, 11) is 0. The van der Waals surface area contributed by atoms with Gasteiger partial charge in [-0.25, -0.2) is 8.78 Å². The first kappa shape index (κ1) is 31.9. The number of aliphatic hydroxyl groups excluding tert-OH is 1. The number of hydrogen-bond acceptors (Lipinski definition) is 7. The summed E-state index contributed by atoms with van der Waals surface area (Å²) in [6, 6.07) is 3.63. The molecule has 3 aromatic rings. The van der Waals surface area contributed by atoms with Gasteiger partial charge in [-0.15, -0.1) is 0 Å². The van der Waals surface area contributed by atoms with E-state index in [4.69, 9.17) is 17.3 Å². The van der Waals surface area contributed by atoms with Gasteiger partial charge in [-0.3, -0.25) is 19.2 Å². The van der Waals surface area contributed by atoms with Gasteiger partial charge in [-0.2, -0.15) is 8.78 Å². The molecule has 224 valence electrons. The first-order chi connectivity index (χ1) is 19.7. The summed E-state index contributed by atoms with van der Waals surface area (Å²) in [5, 5.41) is 24.3. The summed E-state index contributed by atoms with van der Waals surface area (Å²) in [5.74, 6) is -12.0. The summed E-state index contributed by atoms with van der Waals surface area (Å²) in [6.45, 7) is 0.170. The number of nitrogens with one attached hydrogen (secondary N) is 2. The average Bonchev–Trinajstić information content (AvgIpc) is 2.93. The highest BCUT2D eigenvalue weighted by Crippen LogP contribution is 2.27. The molecular formula is C26H23ClF4N4O7. The van der Waals surface area contributed by atoms with Gasteiger partial charge in [0.2, 0.25) is 17.5 Å². The molecule has 0 aliphatic heterocycles. The van der Waals surface area contributed by atoms with Gasteiger partial charge in [0.15, 0.2) is 17.4 Å². The Morgan fingerprint density at radius 3 is 2.33 bits per heavy atom. The molecule has 1 aromatic heterocycles. The highest BCUT2D eigenvalue weighted by molar-refractivity contribution is 6.33. The molecule has 0 spiro atoms. The zero-order chi connectivity index (χ0) is 31.3. The van der Waals surface area contributed by atoms with Crippen molar-refractivity contribution in [3.63, 3.8) is 0 Å². The maximum Gasteiger partial charge on any atom is 0.305 e. The third kappa shape index (κ3) is 7.36. The maximum atomic E-state index is 13.9. The van der Waals surface area contributed by atoms with Crippen LogP contribution in [0, 0.1) is 23.3 Å². The Bertz CT molecular complexity index is 1560. The molecule has 0 fully saturated rings. The smallest absolute Gasteiger partial charge is 0.305 e. The molecule has 2 amide bonds. The van der Waals surface area contributed by atoms with Crippen LogP contribution in [0.1, 0.15) is 29.7 Å². The summed E-state index contributed by atoms with van der Waals surface area (Å²) < 4.78 is 60.2. The number of carboxylic acid groups (broad SMARTS) is 1. The SMILES string of the molecule is CC(C(=O)NC(CC(=O)O)C(O)COc1c(F)c(F)cc(F)c1F)n1cccc(NC(=O)c2ccc(N)c(Cl)c2)c1=O. The fourth-order valence-electron chi connectivity index (χ4n) is 3.64. The summed E-state index contributed by atoms with van der Waals surface area (Å²) >= 11 is 5.93. The zero-order valence-corrected chi connectivity index (χ0v) is 22.3. The molecule has 0 bridgehead atoms. The number of aliphatic hydroxyl groups is 1. The number of nitrogens with zero attached hydrogens (tertiary/aromatic N) is 1. The monoisotopic (exact) mass is 614 g/mol. The van der Waals surface area contributed by atoms with Crippen molar-refractivity contribution < 1.29 is 46.9 Å². The van der Waals surface area contributed by atoms with Crippen LogP contribution in [-0.2, 0) is 9.59 Å². The number of nitrogen functional groups attached to an aromatic ring is 1. The molecule has 11 nitrogen and oxygen atoms in total. The van der Waals surface area contributed by atoms with Crippen molar-refractivity contribution in [3.8, 4) is 5.75 Å². The largest absolute Gasteiger partial charge is 0.485 e. The molecule has 0 aliphatic rings. The number of amides is 2. The van der Waals surface area contributed by atoms with Crippen molar-refractivity contribution in [2.45, 2.75) is 31.5 Å². The first-order valence-corrected chi connectivity index (χ1v) is 12.3. The molecule has 3 unspecified atom stereocenters. The number of nitrogens with two attached hydrogens (primary N) is 1. The number of aromatic nitrogens is 1. The van der Waals surface area contributed by atoms with Crippen LogP contribution in [0.3, 0.4) is 0 Å². The van der Waals surface area contributed by atoms with Gasteiger partial charge in [0.1, 0.15) is 24.4 Å². The van der Waals surface area contributed by atoms with Gasteiger partial charge in [0.25, 0.3) is 11.5 Å². The van der Waals surface area contributed by atoms with Gasteiger partial charge >= 0.3 is 5.97 Å². The Morgan fingerprint density at radius 2 is 1.74 bits per heavy atom. The van der Waals surface area contributed by atoms with Crippen LogP contribution in [0.15, 0.2) is 47.4 Å². The molecule has 0 aliphatic carbocycles. The van der Waals surface area contributed by atoms with Gasteiger partial charge < -0.3 is 35.9 Å². The lowest BCUT2D eigenvalue weighted by Crippen LogP contribution is -2.49. The van der Waals surface area contributed by atoms with E-state index >= 15 is 0 Å². The number of ether oxygens (including phenoxy) is 1. The molecule has 3 rings (SSSR count). The van der Waals surface area contributed by atoms with Crippen LogP contribution in [0.25, 0.3) is 0 Å². The highest BCUT2D eigenvalue weighted by atomic mass is 35.5. The Balaban J connectivity index is 1.75. The Labute approximate surface area is 239 Å². The van der Waals surface area contributed by atoms with E-state index in [0.717, 1.165) is 4.57 Å². The Hall–Kier alpha value is -4.63. The second-order valence-electron chi connectivity index (χ2n) is 8.89. The van der Waals surface area contributed by atoms with Crippen molar-refractivity contribution in [3.05, 3.63) is 86.8 Å². The van der Waals surface area contributed by atoms with Crippen LogP contribution in [-0.4, -0.2) is 51.3 Å². The van der Waals surface area contributed by atoms with E-state index in [2.05, 4.69) is 15.4 Å². The van der Waals surface area contributed by atoms with Crippen molar-refractivity contribution in [1.82, 2.24) is 9.88 Å². The van der Waals surface area contributed by atoms with Crippen LogP contribution >= 0.6 is 11.6 Å². The normalized spacial score (nSPS) is 13.1. The lowest BCUT2D eigenvalue weighted by molar-refractivity contribution is -0.139. The van der Waals surface area contributed by atoms with Gasteiger partial charge in [0.05, 0.1) is 23.2 Å². The maximum absolute atomic E-state index is 13.9. The Kier molecular flexibility index (Phi) is 10.1. The number of anilines is 2. The molecule has 3 atom stereocenters. The fourth-order valence-corrected chi connectivity index (χ4v) is 3.82. The summed E-state index contributed by atoms with van der Waals surface area (Å²) in [5.41, 5.74) is 4.89. The molecular weight excluding hydrogens is 592 g/mol. The van der Waals surface area contributed by atoms with Crippen LogP contribution in [0.5, 0.6) is 5.75 Å². The standard InChI is InChI=1S/C26H23ClF4N4O7/c1-11(35-6-2-3-17(26(35)41)33-25(40)12-4-5-16(32)13(27)7-12)24(39)34-18(9-20(37)38)19(36)10-42-23-21(30)14(28)8-15(29)22(23)31/h2-8,11,18-19,36H,9-10,32H2,1H3,(H,33,40)(H,34,39)(H,37,38). The average molecular weight is 615 g/mol. The number of benzene rings is 2. The Morgan fingerprint density at radius 1 is 1.10 bits per heavy atom. The van der Waals surface area contributed by atoms with E-state index in [0.29, 0.717) is 0 Å². The third-order valence-electron chi connectivity index (χ3n) is 5.94. The molecule has 0 radical (unpaired) electrons. The summed E-state index contributed by atoms with van der Waals surface area (Å²) in [4.78, 5) is 49.9. The quantitative estimate of drug-likeness (QED) is 0.125. The third-order valence-corrected chi connectivity index (χ3v) is 6.27. The molecule has 2 aromatic carbocycles. The molecule has 0 saturated heterocycles. The lowest BCUT2D eigenvalue weighted by atomic mass is 10.1. The van der Waals surface area contributed by atoms with Crippen molar-refractivity contribution >= 4 is 40.8 Å². The van der Waals surface area contributed by atoms with E-state index in [1.807, 2.05) is 0 Å². The van der Waals surface area contributed by atoms with Crippen molar-refractivity contribution in [2.75, 3.05) is 17.7 Å². The first-order valence-electron chi connectivity index (χ1n) is 11.9. The minimum absolute atomic E-state index is 0.0568. The van der Waals surface area contributed by atoms with Gasteiger partial charge in [-0.1, -0.05) is 11.6 Å². The van der Waals surface area contributed by atoms with Crippen LogP contribution < -0.4 is 26.7 Å². The number of hydrogen-bond donors (Lipinski definition) is 5. The second-order valence-corrected chi connectivity index (χ2v) is 9.30. The van der Waals surface area contributed by atoms with E-state index in [9.17, 15) is 47.0 Å². The summed E-state index contributed by atoms with van der Waals surface area (Å²) in [6.07, 6.45) is -1.66. The van der Waals surface area contributed by atoms with E-state index in [1.54, 1.807) is 0 Å². The fraction of sp³-hybridized carbons (Fsp3) is 0.231. The molecule has 42 heavy (non-hydrogen) atoms. The van der Waals surface area contributed by atoms with Crippen molar-refractivity contribution in [2.24, 2.45) is 0 Å². The number of carbonyl (C=O) groups is 3. The van der Waals surface area contributed by atoms with Crippen LogP contribution in [0.2, 0.25) is 5.02 Å². The molecule has 16 heteroatoms. The molecule has 6 N–H and O–H groups in total. The van der Waals surface area contributed by atoms with E-state index in [1.165, 1.54) is 43.5 Å². The van der Waals surface area contributed by atoms with Crippen LogP contribution in [0.4, 0.5) is 28.9 Å². The molecule has 1 heterocycles. The van der Waals surface area contributed by atoms with Gasteiger partial charge in [-0.05, 0) is 37.3 Å². The minimum atomic E-state index is -1.95. The lowest BCUT2D eigenvalue weighted by Gasteiger charge is -2.25. The number of pyridine rings is 1. The number of carbonyl (C=O) groups excluding carboxylic acids is 2. The van der Waals surface area contributed by atoms with E-state index < -0.39 is 83.6 Å². The van der Waals surface area contributed by atoms with Gasteiger partial charge in [0, 0.05) is 17.8 Å². The second kappa shape index (κ2) is 13.4.